The molecule has 7 heteroatoms. The van der Waals surface area contributed by atoms with Crippen LogP contribution in [0.1, 0.15) is 13.3 Å². The average molecular weight is 305 g/mol. The van der Waals surface area contributed by atoms with Crippen LogP contribution in [0, 0.1) is 0 Å². The second kappa shape index (κ2) is 6.77. The maximum absolute atomic E-state index is 11.8. The molecule has 0 spiro atoms. The Labute approximate surface area is 118 Å². The van der Waals surface area contributed by atoms with Crippen molar-refractivity contribution in [1.29, 1.82) is 0 Å². The van der Waals surface area contributed by atoms with E-state index in [9.17, 15) is 13.2 Å². The zero-order valence-electron chi connectivity index (χ0n) is 10.9. The van der Waals surface area contributed by atoms with Crippen LogP contribution in [0.3, 0.4) is 0 Å². The number of amides is 1. The lowest BCUT2D eigenvalue weighted by atomic mass is 10.3. The van der Waals surface area contributed by atoms with E-state index < -0.39 is 10.0 Å². The van der Waals surface area contributed by atoms with Gasteiger partial charge in [0.2, 0.25) is 15.9 Å². The number of hydrogen-bond acceptors (Lipinski definition) is 3. The number of hydrogen-bond donors (Lipinski definition) is 1. The maximum atomic E-state index is 11.8. The first-order valence-electron chi connectivity index (χ1n) is 5.85. The van der Waals surface area contributed by atoms with Crippen LogP contribution in [0.4, 0.5) is 5.69 Å². The summed E-state index contributed by atoms with van der Waals surface area (Å²) in [7, 11) is -3.45. The van der Waals surface area contributed by atoms with E-state index in [0.29, 0.717) is 17.1 Å². The number of halogens is 1. The van der Waals surface area contributed by atoms with Crippen LogP contribution in [-0.4, -0.2) is 33.7 Å². The van der Waals surface area contributed by atoms with Crippen LogP contribution in [0.2, 0.25) is 5.02 Å². The lowest BCUT2D eigenvalue weighted by molar-refractivity contribution is -0.120. The third-order valence-corrected chi connectivity index (χ3v) is 3.98. The minimum atomic E-state index is -3.45. The summed E-state index contributed by atoms with van der Waals surface area (Å²) in [5.74, 6) is -0.118. The van der Waals surface area contributed by atoms with E-state index >= 15 is 0 Å². The largest absolute Gasteiger partial charge is 0.354 e. The van der Waals surface area contributed by atoms with Gasteiger partial charge in [-0.2, -0.15) is 0 Å². The van der Waals surface area contributed by atoms with Crippen LogP contribution >= 0.6 is 11.6 Å². The molecule has 0 aromatic heterocycles. The molecule has 0 heterocycles. The molecule has 0 saturated heterocycles. The highest BCUT2D eigenvalue weighted by molar-refractivity contribution is 7.92. The van der Waals surface area contributed by atoms with Crippen molar-refractivity contribution in [2.24, 2.45) is 0 Å². The first-order chi connectivity index (χ1) is 8.86. The Morgan fingerprint density at radius 3 is 2.53 bits per heavy atom. The van der Waals surface area contributed by atoms with Gasteiger partial charge in [-0.1, -0.05) is 30.7 Å². The third kappa shape index (κ3) is 4.72. The maximum Gasteiger partial charge on any atom is 0.232 e. The van der Waals surface area contributed by atoms with Gasteiger partial charge in [0.25, 0.3) is 0 Å². The minimum absolute atomic E-state index is 0.118. The summed E-state index contributed by atoms with van der Waals surface area (Å²) >= 11 is 6.00. The molecule has 1 rings (SSSR count). The fourth-order valence-corrected chi connectivity index (χ4v) is 2.77. The summed E-state index contributed by atoms with van der Waals surface area (Å²) in [6.45, 7) is 2.12. The fourth-order valence-electron chi connectivity index (χ4n) is 1.54. The standard InChI is InChI=1S/C12H17ClN2O3S/c1-3-12(16)14-8-9-15(19(2,17)18)11-7-5-4-6-10(11)13/h4-7H,3,8-9H2,1-2H3,(H,14,16). The van der Waals surface area contributed by atoms with Crippen LogP contribution < -0.4 is 9.62 Å². The zero-order valence-corrected chi connectivity index (χ0v) is 12.5. The van der Waals surface area contributed by atoms with E-state index in [-0.39, 0.29) is 19.0 Å². The van der Waals surface area contributed by atoms with E-state index in [1.54, 1.807) is 31.2 Å². The Morgan fingerprint density at radius 2 is 2.00 bits per heavy atom. The highest BCUT2D eigenvalue weighted by Crippen LogP contribution is 2.26. The van der Waals surface area contributed by atoms with Crippen molar-refractivity contribution in [3.63, 3.8) is 0 Å². The van der Waals surface area contributed by atoms with Crippen molar-refractivity contribution < 1.29 is 13.2 Å². The zero-order chi connectivity index (χ0) is 14.5. The Morgan fingerprint density at radius 1 is 1.37 bits per heavy atom. The molecule has 0 bridgehead atoms. The van der Waals surface area contributed by atoms with Gasteiger partial charge >= 0.3 is 0 Å². The van der Waals surface area contributed by atoms with Crippen molar-refractivity contribution in [2.45, 2.75) is 13.3 Å². The van der Waals surface area contributed by atoms with E-state index in [1.807, 2.05) is 0 Å². The summed E-state index contributed by atoms with van der Waals surface area (Å²) in [6, 6.07) is 6.69. The van der Waals surface area contributed by atoms with Gasteiger partial charge < -0.3 is 5.32 Å². The lowest BCUT2D eigenvalue weighted by Gasteiger charge is -2.23. The lowest BCUT2D eigenvalue weighted by Crippen LogP contribution is -2.38. The molecule has 1 aromatic carbocycles. The fraction of sp³-hybridized carbons (Fsp3) is 0.417. The number of anilines is 1. The summed E-state index contributed by atoms with van der Waals surface area (Å²) in [5.41, 5.74) is 0.414. The number of benzene rings is 1. The first-order valence-corrected chi connectivity index (χ1v) is 8.07. The quantitative estimate of drug-likeness (QED) is 0.868. The van der Waals surface area contributed by atoms with E-state index in [4.69, 9.17) is 11.6 Å². The molecular formula is C12H17ClN2O3S. The molecule has 0 aliphatic carbocycles. The molecule has 0 unspecified atom stereocenters. The summed E-state index contributed by atoms with van der Waals surface area (Å²) in [4.78, 5) is 11.1. The average Bonchev–Trinajstić information content (AvgIpc) is 2.34. The Kier molecular flexibility index (Phi) is 5.62. The van der Waals surface area contributed by atoms with Crippen LogP contribution in [0.5, 0.6) is 0 Å². The summed E-state index contributed by atoms with van der Waals surface area (Å²) in [6.07, 6.45) is 1.48. The van der Waals surface area contributed by atoms with Crippen molar-refractivity contribution in [2.75, 3.05) is 23.7 Å². The molecule has 0 aliphatic heterocycles. The number of sulfonamides is 1. The van der Waals surface area contributed by atoms with Crippen molar-refractivity contribution in [1.82, 2.24) is 5.32 Å². The molecule has 0 radical (unpaired) electrons. The molecule has 0 atom stereocenters. The van der Waals surface area contributed by atoms with Gasteiger partial charge in [0.1, 0.15) is 0 Å². The number of carbonyl (C=O) groups is 1. The van der Waals surface area contributed by atoms with Gasteiger partial charge in [-0.3, -0.25) is 9.10 Å². The monoisotopic (exact) mass is 304 g/mol. The minimum Gasteiger partial charge on any atom is -0.354 e. The van der Waals surface area contributed by atoms with Gasteiger partial charge in [0, 0.05) is 13.0 Å². The molecule has 1 aromatic rings. The van der Waals surface area contributed by atoms with Gasteiger partial charge in [0.05, 0.1) is 23.5 Å². The summed E-state index contributed by atoms with van der Waals surface area (Å²) < 4.78 is 24.8. The Balaban J connectivity index is 2.86. The molecular weight excluding hydrogens is 288 g/mol. The highest BCUT2D eigenvalue weighted by Gasteiger charge is 2.19. The predicted octanol–water partition coefficient (Wildman–Crippen LogP) is 1.63. The van der Waals surface area contributed by atoms with Gasteiger partial charge in [-0.15, -0.1) is 0 Å². The van der Waals surface area contributed by atoms with Gasteiger partial charge in [-0.05, 0) is 12.1 Å². The number of rotatable bonds is 6. The predicted molar refractivity (Wildman–Crippen MR) is 76.9 cm³/mol. The number of nitrogens with zero attached hydrogens (tertiary/aromatic N) is 1. The molecule has 0 fully saturated rings. The molecule has 106 valence electrons. The van der Waals surface area contributed by atoms with Crippen molar-refractivity contribution in [3.8, 4) is 0 Å². The smallest absolute Gasteiger partial charge is 0.232 e. The molecule has 19 heavy (non-hydrogen) atoms. The number of carbonyl (C=O) groups excluding carboxylic acids is 1. The molecule has 0 saturated carbocycles. The van der Waals surface area contributed by atoms with Crippen LogP contribution in [-0.2, 0) is 14.8 Å². The first kappa shape index (κ1) is 15.8. The summed E-state index contributed by atoms with van der Waals surface area (Å²) in [5, 5.41) is 2.99. The van der Waals surface area contributed by atoms with Crippen LogP contribution in [0.25, 0.3) is 0 Å². The van der Waals surface area contributed by atoms with Crippen molar-refractivity contribution in [3.05, 3.63) is 29.3 Å². The number of nitrogens with one attached hydrogen (secondary N) is 1. The normalized spacial score (nSPS) is 11.1. The Bertz CT molecular complexity index is 546. The van der Waals surface area contributed by atoms with Gasteiger partial charge in [0.15, 0.2) is 0 Å². The van der Waals surface area contributed by atoms with E-state index in [2.05, 4.69) is 5.32 Å². The van der Waals surface area contributed by atoms with E-state index in [0.717, 1.165) is 6.26 Å². The molecule has 1 amide bonds. The molecule has 5 nitrogen and oxygen atoms in total. The van der Waals surface area contributed by atoms with Gasteiger partial charge in [-0.25, -0.2) is 8.42 Å². The van der Waals surface area contributed by atoms with E-state index in [1.165, 1.54) is 4.31 Å². The SMILES string of the molecule is CCC(=O)NCCN(c1ccccc1Cl)S(C)(=O)=O. The highest BCUT2D eigenvalue weighted by atomic mass is 35.5. The second-order valence-electron chi connectivity index (χ2n) is 3.99. The van der Waals surface area contributed by atoms with Crippen molar-refractivity contribution >= 4 is 33.2 Å². The molecule has 1 N–H and O–H groups in total. The molecule has 0 aliphatic rings. The second-order valence-corrected chi connectivity index (χ2v) is 6.30. The topological polar surface area (TPSA) is 66.5 Å². The third-order valence-electron chi connectivity index (χ3n) is 2.48. The van der Waals surface area contributed by atoms with Crippen LogP contribution in [0.15, 0.2) is 24.3 Å². The Hall–Kier alpha value is -1.27. The number of para-hydroxylation sites is 1.